The van der Waals surface area contributed by atoms with Gasteiger partial charge in [0.1, 0.15) is 5.82 Å². The van der Waals surface area contributed by atoms with Crippen LogP contribution < -0.4 is 5.32 Å². The quantitative estimate of drug-likeness (QED) is 0.692. The van der Waals surface area contributed by atoms with Crippen LogP contribution in [0, 0.1) is 23.1 Å². The lowest BCUT2D eigenvalue weighted by Crippen LogP contribution is -2.39. The summed E-state index contributed by atoms with van der Waals surface area (Å²) in [5, 5.41) is 12.3. The molecular weight excluding hydrogens is 403 g/mol. The predicted octanol–water partition coefficient (Wildman–Crippen LogP) is 3.51. The maximum absolute atomic E-state index is 13.9. The highest BCUT2D eigenvalue weighted by atomic mass is 35.5. The second-order valence-corrected chi connectivity index (χ2v) is 8.38. The molecule has 8 heteroatoms. The first kappa shape index (κ1) is 22.3. The maximum Gasteiger partial charge on any atom is 0.265 e. The van der Waals surface area contributed by atoms with E-state index in [1.165, 1.54) is 12.1 Å². The zero-order chi connectivity index (χ0) is 19.4. The van der Waals surface area contributed by atoms with E-state index in [0.29, 0.717) is 11.1 Å². The van der Waals surface area contributed by atoms with Crippen LogP contribution in [0.2, 0.25) is 0 Å². The van der Waals surface area contributed by atoms with Gasteiger partial charge in [-0.2, -0.15) is 13.7 Å². The molecule has 2 aromatic rings. The topological polar surface area (TPSA) is 90.2 Å². The van der Waals surface area contributed by atoms with Crippen LogP contribution in [0.4, 0.5) is 4.39 Å². The van der Waals surface area contributed by atoms with Gasteiger partial charge in [0.15, 0.2) is 0 Å². The molecule has 1 aliphatic rings. The summed E-state index contributed by atoms with van der Waals surface area (Å²) in [6, 6.07) is 14.9. The van der Waals surface area contributed by atoms with Gasteiger partial charge in [0.05, 0.1) is 17.4 Å². The number of nitriles is 1. The van der Waals surface area contributed by atoms with Crippen LogP contribution in [-0.2, 0) is 10.1 Å². The van der Waals surface area contributed by atoms with Crippen LogP contribution in [0.1, 0.15) is 35.4 Å². The van der Waals surface area contributed by atoms with Gasteiger partial charge in [-0.3, -0.25) is 4.55 Å². The van der Waals surface area contributed by atoms with Crippen molar-refractivity contribution in [2.45, 2.75) is 24.8 Å². The highest BCUT2D eigenvalue weighted by Gasteiger charge is 2.36. The van der Waals surface area contributed by atoms with E-state index in [4.69, 9.17) is 5.26 Å². The van der Waals surface area contributed by atoms with Crippen molar-refractivity contribution in [1.29, 1.82) is 5.26 Å². The highest BCUT2D eigenvalue weighted by Crippen LogP contribution is 2.37. The third kappa shape index (κ3) is 5.52. The van der Waals surface area contributed by atoms with Gasteiger partial charge in [0.25, 0.3) is 10.1 Å². The van der Waals surface area contributed by atoms with Gasteiger partial charge in [-0.1, -0.05) is 24.3 Å². The lowest BCUT2D eigenvalue weighted by Gasteiger charge is -2.32. The van der Waals surface area contributed by atoms with E-state index in [1.807, 2.05) is 0 Å². The molecule has 1 saturated heterocycles. The fraction of sp³-hybridized carbons (Fsp3) is 0.350. The summed E-state index contributed by atoms with van der Waals surface area (Å²) in [6.07, 6.45) is 1.69. The molecule has 0 bridgehead atoms. The van der Waals surface area contributed by atoms with Crippen LogP contribution in [-0.4, -0.2) is 31.3 Å². The smallest absolute Gasteiger partial charge is 0.265 e. The average Bonchev–Trinajstić information content (AvgIpc) is 3.15. The Morgan fingerprint density at radius 3 is 2.46 bits per heavy atom. The Morgan fingerprint density at radius 1 is 1.21 bits per heavy atom. The zero-order valence-corrected chi connectivity index (χ0v) is 16.7. The van der Waals surface area contributed by atoms with Crippen LogP contribution in [0.5, 0.6) is 0 Å². The van der Waals surface area contributed by atoms with Gasteiger partial charge in [-0.05, 0) is 54.8 Å². The van der Waals surface area contributed by atoms with Crippen molar-refractivity contribution < 1.29 is 17.4 Å². The van der Waals surface area contributed by atoms with E-state index in [9.17, 15) is 17.4 Å². The Balaban J connectivity index is 0.00000280. The van der Waals surface area contributed by atoms with Gasteiger partial charge in [0.2, 0.25) is 0 Å². The number of halogens is 2. The summed E-state index contributed by atoms with van der Waals surface area (Å²) >= 11 is 0. The van der Waals surface area contributed by atoms with Crippen molar-refractivity contribution in [3.8, 4) is 6.07 Å². The van der Waals surface area contributed by atoms with Crippen LogP contribution >= 0.6 is 12.4 Å². The van der Waals surface area contributed by atoms with Crippen molar-refractivity contribution in [2.24, 2.45) is 5.92 Å². The first-order valence-electron chi connectivity index (χ1n) is 8.81. The minimum Gasteiger partial charge on any atom is -0.314 e. The largest absolute Gasteiger partial charge is 0.314 e. The lowest BCUT2D eigenvalue weighted by molar-refractivity contribution is 0.369. The van der Waals surface area contributed by atoms with E-state index in [1.54, 1.807) is 36.4 Å². The minimum atomic E-state index is -4.23. The Kier molecular flexibility index (Phi) is 7.55. The Morgan fingerprint density at radius 2 is 1.93 bits per heavy atom. The van der Waals surface area contributed by atoms with E-state index in [-0.39, 0.29) is 18.4 Å². The second-order valence-electron chi connectivity index (χ2n) is 6.88. The van der Waals surface area contributed by atoms with Crippen molar-refractivity contribution in [2.75, 3.05) is 12.3 Å². The molecule has 0 radical (unpaired) electrons. The number of hydrogen-bond donors (Lipinski definition) is 2. The van der Waals surface area contributed by atoms with Crippen LogP contribution in [0.25, 0.3) is 0 Å². The van der Waals surface area contributed by atoms with E-state index in [0.717, 1.165) is 24.9 Å². The molecule has 3 atom stereocenters. The molecule has 1 heterocycles. The van der Waals surface area contributed by atoms with Crippen LogP contribution in [0.3, 0.4) is 0 Å². The molecule has 0 unspecified atom stereocenters. The summed E-state index contributed by atoms with van der Waals surface area (Å²) < 4.78 is 47.0. The molecule has 2 N–H and O–H groups in total. The normalized spacial score (nSPS) is 18.7. The molecule has 1 fully saturated rings. The molecule has 0 amide bonds. The predicted molar refractivity (Wildman–Crippen MR) is 108 cm³/mol. The van der Waals surface area contributed by atoms with Gasteiger partial charge in [-0.15, -0.1) is 12.4 Å². The van der Waals surface area contributed by atoms with Crippen molar-refractivity contribution in [3.05, 3.63) is 71.0 Å². The van der Waals surface area contributed by atoms with E-state index < -0.39 is 33.5 Å². The first-order valence-corrected chi connectivity index (χ1v) is 10.4. The molecular formula is C20H22ClFN2O3S. The third-order valence-corrected chi connectivity index (χ3v) is 5.86. The summed E-state index contributed by atoms with van der Waals surface area (Å²) in [5.41, 5.74) is 1.91. The van der Waals surface area contributed by atoms with Gasteiger partial charge in [-0.25, -0.2) is 4.39 Å². The maximum atomic E-state index is 13.9. The highest BCUT2D eigenvalue weighted by molar-refractivity contribution is 7.85. The van der Waals surface area contributed by atoms with Crippen molar-refractivity contribution in [1.82, 2.24) is 5.32 Å². The summed E-state index contributed by atoms with van der Waals surface area (Å²) in [7, 11) is -4.23. The number of rotatable bonds is 6. The second kappa shape index (κ2) is 9.48. The summed E-state index contributed by atoms with van der Waals surface area (Å²) in [4.78, 5) is 0. The van der Waals surface area contributed by atoms with Gasteiger partial charge < -0.3 is 5.32 Å². The molecule has 2 aromatic carbocycles. The molecule has 3 rings (SSSR count). The number of benzene rings is 2. The molecule has 5 nitrogen and oxygen atoms in total. The van der Waals surface area contributed by atoms with Crippen molar-refractivity contribution >= 4 is 22.5 Å². The van der Waals surface area contributed by atoms with E-state index in [2.05, 4.69) is 11.4 Å². The monoisotopic (exact) mass is 424 g/mol. The summed E-state index contributed by atoms with van der Waals surface area (Å²) in [6.45, 7) is 0.774. The Labute approximate surface area is 170 Å². The molecule has 1 aliphatic heterocycles. The fourth-order valence-electron chi connectivity index (χ4n) is 3.92. The van der Waals surface area contributed by atoms with Crippen LogP contribution in [0.15, 0.2) is 48.5 Å². The molecule has 0 aliphatic carbocycles. The number of nitrogens with one attached hydrogen (secondary N) is 1. The average molecular weight is 425 g/mol. The Bertz CT molecular complexity index is 939. The molecule has 0 aromatic heterocycles. The SMILES string of the molecule is Cl.N#Cc1ccc([C@H](c2cccc(F)c2)[C@@H](CS(=O)(=O)O)[C@H]2CCCN2)cc1. The molecule has 0 saturated carbocycles. The van der Waals surface area contributed by atoms with Gasteiger partial charge in [0, 0.05) is 17.9 Å². The standard InChI is InChI=1S/C20H21FN2O3S.ClH/c21-17-4-1-3-16(11-17)20(15-8-6-14(12-22)7-9-15)18(13-27(24,25)26)19-5-2-10-23-19;/h1,3-4,6-9,11,18-20,23H,2,5,10,13H2,(H,24,25,26);1H/t18-,19+,20+;/m0./s1. The zero-order valence-electron chi connectivity index (χ0n) is 15.1. The number of nitrogens with zero attached hydrogens (tertiary/aromatic N) is 1. The number of hydrogen-bond acceptors (Lipinski definition) is 4. The first-order chi connectivity index (χ1) is 12.9. The van der Waals surface area contributed by atoms with E-state index >= 15 is 0 Å². The lowest BCUT2D eigenvalue weighted by atomic mass is 9.77. The van der Waals surface area contributed by atoms with Gasteiger partial charge >= 0.3 is 0 Å². The third-order valence-electron chi connectivity index (χ3n) is 5.05. The minimum absolute atomic E-state index is 0. The van der Waals surface area contributed by atoms with Crippen molar-refractivity contribution in [3.63, 3.8) is 0 Å². The molecule has 28 heavy (non-hydrogen) atoms. The summed E-state index contributed by atoms with van der Waals surface area (Å²) in [5.74, 6) is -1.74. The Hall–Kier alpha value is -1.98. The molecule has 150 valence electrons. The fourth-order valence-corrected chi connectivity index (χ4v) is 4.83. The molecule has 0 spiro atoms.